The quantitative estimate of drug-likeness (QED) is 0.802. The van der Waals surface area contributed by atoms with Gasteiger partial charge in [0.2, 0.25) is 5.89 Å². The lowest BCUT2D eigenvalue weighted by atomic mass is 10.2. The molecule has 1 aliphatic heterocycles. The number of nitrogens with one attached hydrogen (secondary N) is 2. The molecule has 0 amide bonds. The Morgan fingerprint density at radius 1 is 1.57 bits per heavy atom. The molecule has 1 saturated heterocycles. The summed E-state index contributed by atoms with van der Waals surface area (Å²) in [5, 5.41) is 14.1. The fourth-order valence-corrected chi connectivity index (χ4v) is 1.49. The van der Waals surface area contributed by atoms with Crippen LogP contribution >= 0.6 is 12.4 Å². The average Bonchev–Trinajstić information content (AvgIpc) is 2.70. The second-order valence-electron chi connectivity index (χ2n) is 3.12. The minimum atomic E-state index is 0. The first-order chi connectivity index (χ1) is 6.40. The zero-order valence-corrected chi connectivity index (χ0v) is 8.93. The van der Waals surface area contributed by atoms with Crippen LogP contribution in [0.25, 0.3) is 0 Å². The minimum absolute atomic E-state index is 0. The zero-order valence-electron chi connectivity index (χ0n) is 8.12. The van der Waals surface area contributed by atoms with Gasteiger partial charge < -0.3 is 15.1 Å². The minimum Gasteiger partial charge on any atom is -0.406 e. The Hall–Kier alpha value is -0.810. The van der Waals surface area contributed by atoms with Crippen molar-refractivity contribution in [2.75, 3.05) is 18.4 Å². The lowest BCUT2D eigenvalue weighted by Crippen LogP contribution is -2.12. The molecule has 1 aromatic heterocycles. The van der Waals surface area contributed by atoms with Gasteiger partial charge in [0.05, 0.1) is 6.04 Å². The maximum Gasteiger partial charge on any atom is 0.315 e. The van der Waals surface area contributed by atoms with Gasteiger partial charge in [-0.1, -0.05) is 5.10 Å². The second-order valence-corrected chi connectivity index (χ2v) is 3.12. The molecule has 0 bridgehead atoms. The van der Waals surface area contributed by atoms with Crippen LogP contribution in [-0.2, 0) is 0 Å². The first-order valence-corrected chi connectivity index (χ1v) is 4.71. The van der Waals surface area contributed by atoms with Gasteiger partial charge in [0.25, 0.3) is 0 Å². The van der Waals surface area contributed by atoms with E-state index < -0.39 is 0 Å². The predicted octanol–water partition coefficient (Wildman–Crippen LogP) is 1.35. The summed E-state index contributed by atoms with van der Waals surface area (Å²) in [5.74, 6) is 0.702. The van der Waals surface area contributed by atoms with Crippen molar-refractivity contribution >= 4 is 18.4 Å². The highest BCUT2D eigenvalue weighted by Crippen LogP contribution is 2.22. The third-order valence-corrected chi connectivity index (χ3v) is 2.13. The molecule has 0 saturated carbocycles. The smallest absolute Gasteiger partial charge is 0.315 e. The van der Waals surface area contributed by atoms with E-state index in [1.54, 1.807) is 0 Å². The number of nitrogens with zero attached hydrogens (tertiary/aromatic N) is 2. The molecule has 0 aliphatic carbocycles. The Bertz CT molecular complexity index is 272. The molecule has 0 aromatic carbocycles. The molecule has 1 unspecified atom stereocenters. The number of halogens is 1. The predicted molar refractivity (Wildman–Crippen MR) is 55.7 cm³/mol. The second kappa shape index (κ2) is 5.17. The van der Waals surface area contributed by atoms with E-state index in [0.717, 1.165) is 19.5 Å². The van der Waals surface area contributed by atoms with Gasteiger partial charge in [0, 0.05) is 6.54 Å². The monoisotopic (exact) mass is 218 g/mol. The van der Waals surface area contributed by atoms with Gasteiger partial charge in [0.1, 0.15) is 0 Å². The Balaban J connectivity index is 0.000000980. The largest absolute Gasteiger partial charge is 0.406 e. The maximum atomic E-state index is 5.41. The van der Waals surface area contributed by atoms with Crippen LogP contribution in [0.5, 0.6) is 0 Å². The molecule has 1 fully saturated rings. The van der Waals surface area contributed by atoms with Gasteiger partial charge in [0.15, 0.2) is 0 Å². The molecular weight excluding hydrogens is 204 g/mol. The van der Waals surface area contributed by atoms with Gasteiger partial charge in [-0.05, 0) is 26.3 Å². The number of hydrogen-bond donors (Lipinski definition) is 2. The zero-order chi connectivity index (χ0) is 9.10. The van der Waals surface area contributed by atoms with Crippen LogP contribution < -0.4 is 10.6 Å². The first-order valence-electron chi connectivity index (χ1n) is 4.71. The van der Waals surface area contributed by atoms with Crippen molar-refractivity contribution in [3.05, 3.63) is 5.89 Å². The van der Waals surface area contributed by atoms with Crippen LogP contribution in [0.15, 0.2) is 4.42 Å². The fourth-order valence-electron chi connectivity index (χ4n) is 1.49. The number of hydrogen-bond acceptors (Lipinski definition) is 5. The van der Waals surface area contributed by atoms with Crippen LogP contribution in [0.2, 0.25) is 0 Å². The normalized spacial score (nSPS) is 20.5. The summed E-state index contributed by atoms with van der Waals surface area (Å²) in [7, 11) is 0. The highest BCUT2D eigenvalue weighted by Gasteiger charge is 2.21. The Labute approximate surface area is 89.1 Å². The van der Waals surface area contributed by atoms with Crippen molar-refractivity contribution in [1.29, 1.82) is 0 Å². The van der Waals surface area contributed by atoms with E-state index in [4.69, 9.17) is 4.42 Å². The van der Waals surface area contributed by atoms with Crippen LogP contribution in [-0.4, -0.2) is 23.3 Å². The van der Waals surface area contributed by atoms with E-state index in [1.807, 2.05) is 6.92 Å². The first kappa shape index (κ1) is 11.3. The fraction of sp³-hybridized carbons (Fsp3) is 0.750. The van der Waals surface area contributed by atoms with E-state index >= 15 is 0 Å². The van der Waals surface area contributed by atoms with E-state index in [9.17, 15) is 0 Å². The van der Waals surface area contributed by atoms with Gasteiger partial charge >= 0.3 is 6.01 Å². The van der Waals surface area contributed by atoms with Gasteiger partial charge in [-0.15, -0.1) is 17.5 Å². The summed E-state index contributed by atoms with van der Waals surface area (Å²) in [6, 6.07) is 0.783. The van der Waals surface area contributed by atoms with Crippen LogP contribution in [0, 0.1) is 0 Å². The van der Waals surface area contributed by atoms with E-state index in [-0.39, 0.29) is 18.4 Å². The number of anilines is 1. The lowest BCUT2D eigenvalue weighted by Gasteiger charge is -2.02. The van der Waals surface area contributed by atoms with Crippen LogP contribution in [0.3, 0.4) is 0 Å². The molecule has 1 aliphatic rings. The highest BCUT2D eigenvalue weighted by atomic mass is 35.5. The number of aromatic nitrogens is 2. The summed E-state index contributed by atoms with van der Waals surface area (Å²) in [6.07, 6.45) is 2.28. The van der Waals surface area contributed by atoms with Crippen molar-refractivity contribution in [3.8, 4) is 0 Å². The summed E-state index contributed by atoms with van der Waals surface area (Å²) in [5.41, 5.74) is 0. The number of rotatable bonds is 3. The Kier molecular flexibility index (Phi) is 4.16. The van der Waals surface area contributed by atoms with Crippen molar-refractivity contribution in [3.63, 3.8) is 0 Å². The molecule has 14 heavy (non-hydrogen) atoms. The highest BCUT2D eigenvalue weighted by molar-refractivity contribution is 5.85. The molecule has 1 aromatic rings. The maximum absolute atomic E-state index is 5.41. The molecule has 80 valence electrons. The topological polar surface area (TPSA) is 63.0 Å². The summed E-state index contributed by atoms with van der Waals surface area (Å²) >= 11 is 0. The van der Waals surface area contributed by atoms with Crippen molar-refractivity contribution in [1.82, 2.24) is 15.5 Å². The molecule has 2 N–H and O–H groups in total. The molecule has 2 rings (SSSR count). The SMILES string of the molecule is CCNc1nnc(C2CCCN2)o1.Cl. The Morgan fingerprint density at radius 2 is 2.43 bits per heavy atom. The third kappa shape index (κ3) is 2.36. The van der Waals surface area contributed by atoms with E-state index in [0.29, 0.717) is 11.9 Å². The van der Waals surface area contributed by atoms with Gasteiger partial charge in [-0.2, -0.15) is 0 Å². The summed E-state index contributed by atoms with van der Waals surface area (Å²) in [6.45, 7) is 3.85. The standard InChI is InChI=1S/C8H14N4O.ClH/c1-2-9-8-12-11-7(13-8)6-4-3-5-10-6;/h6,10H,2-5H2,1H3,(H,9,12);1H. The van der Waals surface area contributed by atoms with E-state index in [1.165, 1.54) is 6.42 Å². The van der Waals surface area contributed by atoms with Crippen molar-refractivity contribution in [2.24, 2.45) is 0 Å². The third-order valence-electron chi connectivity index (χ3n) is 2.13. The molecule has 0 spiro atoms. The van der Waals surface area contributed by atoms with Crippen molar-refractivity contribution < 1.29 is 4.42 Å². The Morgan fingerprint density at radius 3 is 3.07 bits per heavy atom. The van der Waals surface area contributed by atoms with Crippen molar-refractivity contribution in [2.45, 2.75) is 25.8 Å². The molecule has 0 radical (unpaired) electrons. The summed E-state index contributed by atoms with van der Waals surface area (Å²) in [4.78, 5) is 0. The molecular formula is C8H15ClN4O. The van der Waals surface area contributed by atoms with Gasteiger partial charge in [-0.3, -0.25) is 0 Å². The molecule has 5 nitrogen and oxygen atoms in total. The molecule has 2 heterocycles. The van der Waals surface area contributed by atoms with Gasteiger partial charge in [-0.25, -0.2) is 0 Å². The lowest BCUT2D eigenvalue weighted by molar-refractivity contribution is 0.437. The van der Waals surface area contributed by atoms with E-state index in [2.05, 4.69) is 20.8 Å². The van der Waals surface area contributed by atoms with Crippen LogP contribution in [0.4, 0.5) is 6.01 Å². The molecule has 1 atom stereocenters. The molecule has 6 heteroatoms. The summed E-state index contributed by atoms with van der Waals surface area (Å²) < 4.78 is 5.41. The van der Waals surface area contributed by atoms with Crippen LogP contribution in [0.1, 0.15) is 31.7 Å². The average molecular weight is 219 g/mol.